The first-order valence-corrected chi connectivity index (χ1v) is 10.8. The third-order valence-corrected chi connectivity index (χ3v) is 5.20. The smallest absolute Gasteiger partial charge is 0.191 e. The van der Waals surface area contributed by atoms with E-state index in [2.05, 4.69) is 88.4 Å². The van der Waals surface area contributed by atoms with Crippen LogP contribution in [-0.4, -0.2) is 28.7 Å². The number of imidazole rings is 1. The molecule has 0 bridgehead atoms. The van der Waals surface area contributed by atoms with Crippen molar-refractivity contribution >= 4 is 5.96 Å². The molecule has 0 saturated carbocycles. The van der Waals surface area contributed by atoms with Gasteiger partial charge in [0.25, 0.3) is 0 Å². The highest BCUT2D eigenvalue weighted by atomic mass is 16.5. The molecule has 0 aliphatic rings. The third-order valence-electron chi connectivity index (χ3n) is 5.20. The Labute approximate surface area is 185 Å². The summed E-state index contributed by atoms with van der Waals surface area (Å²) in [5.74, 6) is 1.70. The number of rotatable bonds is 9. The maximum Gasteiger partial charge on any atom is 0.191 e. The molecule has 3 aromatic rings. The zero-order valence-electron chi connectivity index (χ0n) is 18.9. The van der Waals surface area contributed by atoms with Crippen LogP contribution in [0.25, 0.3) is 0 Å². The van der Waals surface area contributed by atoms with Crippen LogP contribution in [0.5, 0.6) is 5.75 Å². The van der Waals surface area contributed by atoms with Gasteiger partial charge in [0.05, 0.1) is 12.4 Å². The summed E-state index contributed by atoms with van der Waals surface area (Å²) >= 11 is 0. The SMILES string of the molecule is CCC(C)Oc1cc(C)ccc1CNC(=NC)NCc1ccc(Cn2ccnc2)cc1. The molecule has 0 fully saturated rings. The van der Waals surface area contributed by atoms with Gasteiger partial charge in [-0.15, -0.1) is 0 Å². The van der Waals surface area contributed by atoms with Crippen molar-refractivity contribution in [1.82, 2.24) is 20.2 Å². The van der Waals surface area contributed by atoms with E-state index in [0.717, 1.165) is 30.2 Å². The molecule has 0 radical (unpaired) electrons. The summed E-state index contributed by atoms with van der Waals surface area (Å²) in [6.07, 6.45) is 6.77. The van der Waals surface area contributed by atoms with Gasteiger partial charge in [0.2, 0.25) is 0 Å². The molecule has 6 nitrogen and oxygen atoms in total. The van der Waals surface area contributed by atoms with Crippen molar-refractivity contribution in [3.8, 4) is 5.75 Å². The first kappa shape index (κ1) is 22.4. The molecular formula is C25H33N5O. The number of nitrogens with one attached hydrogen (secondary N) is 2. The predicted octanol–water partition coefficient (Wildman–Crippen LogP) is 4.28. The van der Waals surface area contributed by atoms with Gasteiger partial charge in [-0.3, -0.25) is 4.99 Å². The van der Waals surface area contributed by atoms with Crippen molar-refractivity contribution in [1.29, 1.82) is 0 Å². The number of hydrogen-bond donors (Lipinski definition) is 2. The Balaban J connectivity index is 1.53. The summed E-state index contributed by atoms with van der Waals surface area (Å²) in [4.78, 5) is 8.44. The van der Waals surface area contributed by atoms with E-state index in [-0.39, 0.29) is 6.10 Å². The average Bonchev–Trinajstić information content (AvgIpc) is 3.29. The van der Waals surface area contributed by atoms with Crippen LogP contribution in [0.4, 0.5) is 0 Å². The number of aromatic nitrogens is 2. The van der Waals surface area contributed by atoms with Gasteiger partial charge in [-0.1, -0.05) is 43.3 Å². The number of guanidine groups is 1. The highest BCUT2D eigenvalue weighted by Crippen LogP contribution is 2.22. The zero-order valence-corrected chi connectivity index (χ0v) is 18.9. The fourth-order valence-corrected chi connectivity index (χ4v) is 3.16. The molecule has 3 rings (SSSR count). The van der Waals surface area contributed by atoms with E-state index in [1.807, 2.05) is 12.5 Å². The van der Waals surface area contributed by atoms with Crippen molar-refractivity contribution in [3.63, 3.8) is 0 Å². The quantitative estimate of drug-likeness (QED) is 0.401. The zero-order chi connectivity index (χ0) is 22.1. The molecule has 1 atom stereocenters. The Hall–Kier alpha value is -3.28. The van der Waals surface area contributed by atoms with Crippen LogP contribution in [0, 0.1) is 6.92 Å². The highest BCUT2D eigenvalue weighted by Gasteiger charge is 2.09. The van der Waals surface area contributed by atoms with Crippen LogP contribution in [0.15, 0.2) is 66.2 Å². The molecule has 2 aromatic carbocycles. The van der Waals surface area contributed by atoms with Crippen LogP contribution in [0.1, 0.15) is 42.5 Å². The number of benzene rings is 2. The van der Waals surface area contributed by atoms with E-state index in [9.17, 15) is 0 Å². The molecule has 0 amide bonds. The first-order valence-electron chi connectivity index (χ1n) is 10.8. The van der Waals surface area contributed by atoms with Gasteiger partial charge in [0.1, 0.15) is 5.75 Å². The number of ether oxygens (including phenoxy) is 1. The Morgan fingerprint density at radius 2 is 1.84 bits per heavy atom. The Kier molecular flexibility index (Phi) is 8.10. The van der Waals surface area contributed by atoms with Gasteiger partial charge in [-0.2, -0.15) is 0 Å². The lowest BCUT2D eigenvalue weighted by Crippen LogP contribution is -2.36. The van der Waals surface area contributed by atoms with Gasteiger partial charge in [0, 0.05) is 44.6 Å². The van der Waals surface area contributed by atoms with Gasteiger partial charge in [-0.25, -0.2) is 4.98 Å². The van der Waals surface area contributed by atoms with Crippen LogP contribution in [0.3, 0.4) is 0 Å². The minimum absolute atomic E-state index is 0.190. The fourth-order valence-electron chi connectivity index (χ4n) is 3.16. The summed E-state index contributed by atoms with van der Waals surface area (Å²) in [6.45, 7) is 8.50. The summed E-state index contributed by atoms with van der Waals surface area (Å²) in [5.41, 5.74) is 4.77. The lowest BCUT2D eigenvalue weighted by atomic mass is 10.1. The normalized spacial score (nSPS) is 12.5. The molecule has 2 N–H and O–H groups in total. The Morgan fingerprint density at radius 1 is 1.10 bits per heavy atom. The van der Waals surface area contributed by atoms with E-state index in [1.54, 1.807) is 13.2 Å². The molecule has 1 unspecified atom stereocenters. The highest BCUT2D eigenvalue weighted by molar-refractivity contribution is 5.79. The molecule has 1 heterocycles. The van der Waals surface area contributed by atoms with Crippen LogP contribution >= 0.6 is 0 Å². The number of hydrogen-bond acceptors (Lipinski definition) is 3. The van der Waals surface area contributed by atoms with Crippen LogP contribution in [0.2, 0.25) is 0 Å². The standard InChI is InChI=1S/C25H33N5O/c1-5-20(3)31-24-14-19(2)6-11-23(24)16-29-25(26-4)28-15-21-7-9-22(10-8-21)17-30-13-12-27-18-30/h6-14,18,20H,5,15-17H2,1-4H3,(H2,26,28,29). The number of aryl methyl sites for hydroxylation is 1. The molecule has 0 saturated heterocycles. The maximum absolute atomic E-state index is 6.11. The molecule has 0 spiro atoms. The second-order valence-electron chi connectivity index (χ2n) is 7.78. The van der Waals surface area contributed by atoms with Crippen molar-refractivity contribution in [2.75, 3.05) is 7.05 Å². The molecule has 1 aromatic heterocycles. The van der Waals surface area contributed by atoms with Gasteiger partial charge in [0.15, 0.2) is 5.96 Å². The van der Waals surface area contributed by atoms with E-state index in [4.69, 9.17) is 4.74 Å². The van der Waals surface area contributed by atoms with Gasteiger partial charge < -0.3 is 19.9 Å². The van der Waals surface area contributed by atoms with E-state index in [0.29, 0.717) is 13.1 Å². The van der Waals surface area contributed by atoms with Gasteiger partial charge >= 0.3 is 0 Å². The fraction of sp³-hybridized carbons (Fsp3) is 0.360. The topological polar surface area (TPSA) is 63.5 Å². The summed E-state index contributed by atoms with van der Waals surface area (Å²) in [7, 11) is 1.79. The van der Waals surface area contributed by atoms with Crippen molar-refractivity contribution in [2.24, 2.45) is 4.99 Å². The van der Waals surface area contributed by atoms with Crippen molar-refractivity contribution < 1.29 is 4.74 Å². The predicted molar refractivity (Wildman–Crippen MR) is 126 cm³/mol. The van der Waals surface area contributed by atoms with E-state index < -0.39 is 0 Å². The van der Waals surface area contributed by atoms with Crippen LogP contribution in [-0.2, 0) is 19.6 Å². The molecule has 31 heavy (non-hydrogen) atoms. The number of nitrogens with zero attached hydrogens (tertiary/aromatic N) is 3. The molecule has 0 aliphatic heterocycles. The second-order valence-corrected chi connectivity index (χ2v) is 7.78. The van der Waals surface area contributed by atoms with E-state index in [1.165, 1.54) is 16.7 Å². The Bertz CT molecular complexity index is 964. The minimum atomic E-state index is 0.190. The van der Waals surface area contributed by atoms with Crippen molar-refractivity contribution in [2.45, 2.75) is 52.9 Å². The average molecular weight is 420 g/mol. The van der Waals surface area contributed by atoms with Crippen molar-refractivity contribution in [3.05, 3.63) is 83.4 Å². The Morgan fingerprint density at radius 3 is 2.52 bits per heavy atom. The lowest BCUT2D eigenvalue weighted by Gasteiger charge is -2.18. The minimum Gasteiger partial charge on any atom is -0.490 e. The monoisotopic (exact) mass is 419 g/mol. The number of aliphatic imine (C=N–C) groups is 1. The molecule has 164 valence electrons. The largest absolute Gasteiger partial charge is 0.490 e. The maximum atomic E-state index is 6.11. The van der Waals surface area contributed by atoms with E-state index >= 15 is 0 Å². The molecular weight excluding hydrogens is 386 g/mol. The van der Waals surface area contributed by atoms with Crippen LogP contribution < -0.4 is 15.4 Å². The second kappa shape index (κ2) is 11.2. The first-order chi connectivity index (χ1) is 15.1. The molecule has 6 heteroatoms. The summed E-state index contributed by atoms with van der Waals surface area (Å²) < 4.78 is 8.17. The summed E-state index contributed by atoms with van der Waals surface area (Å²) in [5, 5.41) is 6.78. The third kappa shape index (κ3) is 6.88. The lowest BCUT2D eigenvalue weighted by molar-refractivity contribution is 0.215. The summed E-state index contributed by atoms with van der Waals surface area (Å²) in [6, 6.07) is 14.9. The molecule has 0 aliphatic carbocycles. The van der Waals surface area contributed by atoms with Gasteiger partial charge in [-0.05, 0) is 43.0 Å².